The first-order valence-corrected chi connectivity index (χ1v) is 8.08. The maximum absolute atomic E-state index is 12.1. The summed E-state index contributed by atoms with van der Waals surface area (Å²) in [4.78, 5) is 12.1. The van der Waals surface area contributed by atoms with E-state index in [-0.39, 0.29) is 28.1 Å². The maximum atomic E-state index is 12.1. The van der Waals surface area contributed by atoms with Crippen LogP contribution < -0.4 is 11.1 Å². The van der Waals surface area contributed by atoms with Crippen LogP contribution >= 0.6 is 0 Å². The van der Waals surface area contributed by atoms with Gasteiger partial charge in [-0.1, -0.05) is 0 Å². The lowest BCUT2D eigenvalue weighted by Gasteiger charge is -2.13. The van der Waals surface area contributed by atoms with Crippen LogP contribution in [0.25, 0.3) is 0 Å². The second kappa shape index (κ2) is 4.85. The van der Waals surface area contributed by atoms with Gasteiger partial charge in [-0.2, -0.15) is 0 Å². The highest BCUT2D eigenvalue weighted by atomic mass is 32.2. The lowest BCUT2D eigenvalue weighted by atomic mass is 10.1. The largest absolute Gasteiger partial charge is 0.399 e. The molecule has 5 nitrogen and oxygen atoms in total. The molecule has 1 atom stereocenters. The van der Waals surface area contributed by atoms with Gasteiger partial charge < -0.3 is 11.1 Å². The number of carbonyl (C=O) groups excluding carboxylic acids is 1. The van der Waals surface area contributed by atoms with Gasteiger partial charge in [0.2, 0.25) is 0 Å². The summed E-state index contributed by atoms with van der Waals surface area (Å²) in [6.45, 7) is 1.96. The third-order valence-electron chi connectivity index (χ3n) is 3.31. The average Bonchev–Trinajstić information content (AvgIpc) is 3.10. The molecule has 0 heterocycles. The Labute approximate surface area is 113 Å². The fourth-order valence-electron chi connectivity index (χ4n) is 1.97. The summed E-state index contributed by atoms with van der Waals surface area (Å²) in [5.74, 6) is 0.260. The van der Waals surface area contributed by atoms with Crippen LogP contribution in [0.15, 0.2) is 23.1 Å². The topological polar surface area (TPSA) is 89.3 Å². The summed E-state index contributed by atoms with van der Waals surface area (Å²) in [7, 11) is -3.37. The van der Waals surface area contributed by atoms with Gasteiger partial charge in [-0.05, 0) is 43.9 Å². The lowest BCUT2D eigenvalue weighted by Crippen LogP contribution is -2.34. The molecule has 0 aromatic heterocycles. The molecule has 1 aromatic rings. The van der Waals surface area contributed by atoms with E-state index >= 15 is 0 Å². The first-order chi connectivity index (χ1) is 8.77. The molecule has 1 aliphatic carbocycles. The van der Waals surface area contributed by atoms with Crippen LogP contribution in [-0.2, 0) is 9.84 Å². The minimum atomic E-state index is -3.37. The second-order valence-electron chi connectivity index (χ2n) is 5.16. The fraction of sp³-hybridized carbons (Fsp3) is 0.462. The van der Waals surface area contributed by atoms with Gasteiger partial charge in [-0.3, -0.25) is 4.79 Å². The van der Waals surface area contributed by atoms with Crippen LogP contribution in [0, 0.1) is 5.92 Å². The Morgan fingerprint density at radius 2 is 2.00 bits per heavy atom. The smallest absolute Gasteiger partial charge is 0.251 e. The van der Waals surface area contributed by atoms with E-state index in [1.54, 1.807) is 0 Å². The summed E-state index contributed by atoms with van der Waals surface area (Å²) in [5.41, 5.74) is 6.21. The summed E-state index contributed by atoms with van der Waals surface area (Å²) in [6, 6.07) is 4.32. The van der Waals surface area contributed by atoms with Crippen molar-refractivity contribution in [2.45, 2.75) is 30.7 Å². The van der Waals surface area contributed by atoms with Gasteiger partial charge in [-0.15, -0.1) is 0 Å². The number of nitrogen functional groups attached to an aromatic ring is 1. The van der Waals surface area contributed by atoms with Crippen LogP contribution in [0.4, 0.5) is 5.69 Å². The lowest BCUT2D eigenvalue weighted by molar-refractivity contribution is 0.0935. The number of benzene rings is 1. The van der Waals surface area contributed by atoms with Gasteiger partial charge >= 0.3 is 0 Å². The van der Waals surface area contributed by atoms with Crippen molar-refractivity contribution in [1.82, 2.24) is 5.32 Å². The van der Waals surface area contributed by atoms with Crippen molar-refractivity contribution in [3.8, 4) is 0 Å². The third-order valence-corrected chi connectivity index (χ3v) is 4.40. The highest BCUT2D eigenvalue weighted by Crippen LogP contribution is 2.32. The van der Waals surface area contributed by atoms with Crippen molar-refractivity contribution < 1.29 is 13.2 Å². The number of carbonyl (C=O) groups is 1. The molecule has 6 heteroatoms. The van der Waals surface area contributed by atoms with E-state index in [2.05, 4.69) is 5.32 Å². The molecule has 0 saturated heterocycles. The monoisotopic (exact) mass is 282 g/mol. The zero-order valence-electron chi connectivity index (χ0n) is 11.0. The van der Waals surface area contributed by atoms with Crippen molar-refractivity contribution in [3.63, 3.8) is 0 Å². The number of hydrogen-bond donors (Lipinski definition) is 2. The first-order valence-electron chi connectivity index (χ1n) is 6.19. The van der Waals surface area contributed by atoms with Crippen molar-refractivity contribution in [2.75, 3.05) is 12.0 Å². The Balaban J connectivity index is 2.23. The molecule has 1 aromatic carbocycles. The van der Waals surface area contributed by atoms with Crippen LogP contribution in [-0.4, -0.2) is 26.6 Å². The molecular weight excluding hydrogens is 264 g/mol. The Hall–Kier alpha value is -1.56. The zero-order chi connectivity index (χ0) is 14.2. The van der Waals surface area contributed by atoms with Gasteiger partial charge in [-0.25, -0.2) is 8.42 Å². The maximum Gasteiger partial charge on any atom is 0.251 e. The molecule has 3 N–H and O–H groups in total. The Kier molecular flexibility index (Phi) is 3.54. The minimum Gasteiger partial charge on any atom is -0.399 e. The molecule has 1 aliphatic rings. The molecule has 1 amide bonds. The van der Waals surface area contributed by atoms with Gasteiger partial charge in [0.1, 0.15) is 0 Å². The molecule has 2 rings (SSSR count). The fourth-order valence-corrected chi connectivity index (χ4v) is 2.66. The SMILES string of the molecule is CC(NC(=O)c1cc(N)cc(S(C)(=O)=O)c1)C1CC1. The molecule has 104 valence electrons. The minimum absolute atomic E-state index is 0.0664. The van der Waals surface area contributed by atoms with E-state index in [0.29, 0.717) is 5.92 Å². The number of hydrogen-bond acceptors (Lipinski definition) is 4. The van der Waals surface area contributed by atoms with Crippen molar-refractivity contribution in [1.29, 1.82) is 0 Å². The van der Waals surface area contributed by atoms with Crippen LogP contribution in [0.5, 0.6) is 0 Å². The molecule has 0 spiro atoms. The number of nitrogens with two attached hydrogens (primary N) is 1. The number of anilines is 1. The van der Waals surface area contributed by atoms with Gasteiger partial charge in [0, 0.05) is 23.5 Å². The van der Waals surface area contributed by atoms with E-state index in [0.717, 1.165) is 19.1 Å². The van der Waals surface area contributed by atoms with E-state index < -0.39 is 9.84 Å². The number of amides is 1. The molecule has 1 unspecified atom stereocenters. The van der Waals surface area contributed by atoms with Gasteiger partial charge in [0.25, 0.3) is 5.91 Å². The van der Waals surface area contributed by atoms with E-state index in [1.165, 1.54) is 18.2 Å². The molecular formula is C13H18N2O3S. The predicted molar refractivity (Wildman–Crippen MR) is 73.6 cm³/mol. The van der Waals surface area contributed by atoms with Gasteiger partial charge in [0.05, 0.1) is 4.90 Å². The Morgan fingerprint density at radius 3 is 2.53 bits per heavy atom. The Bertz CT molecular complexity index is 606. The van der Waals surface area contributed by atoms with Crippen molar-refractivity contribution in [2.24, 2.45) is 5.92 Å². The standard InChI is InChI=1S/C13H18N2O3S/c1-8(9-3-4-9)15-13(16)10-5-11(14)7-12(6-10)19(2,17)18/h5-9H,3-4,14H2,1-2H3,(H,15,16). The van der Waals surface area contributed by atoms with E-state index in [4.69, 9.17) is 5.73 Å². The van der Waals surface area contributed by atoms with E-state index in [1.807, 2.05) is 6.92 Å². The number of rotatable bonds is 4. The molecule has 0 aliphatic heterocycles. The summed E-state index contributed by atoms with van der Waals surface area (Å²) < 4.78 is 23.0. The van der Waals surface area contributed by atoms with Crippen molar-refractivity contribution in [3.05, 3.63) is 23.8 Å². The zero-order valence-corrected chi connectivity index (χ0v) is 11.8. The van der Waals surface area contributed by atoms with Crippen LogP contribution in [0.1, 0.15) is 30.1 Å². The normalized spacial score (nSPS) is 16.9. The molecule has 1 fully saturated rings. The molecule has 0 bridgehead atoms. The molecule has 0 radical (unpaired) electrons. The molecule has 19 heavy (non-hydrogen) atoms. The van der Waals surface area contributed by atoms with Crippen LogP contribution in [0.2, 0.25) is 0 Å². The number of nitrogens with one attached hydrogen (secondary N) is 1. The summed E-state index contributed by atoms with van der Waals surface area (Å²) >= 11 is 0. The van der Waals surface area contributed by atoms with Crippen LogP contribution in [0.3, 0.4) is 0 Å². The second-order valence-corrected chi connectivity index (χ2v) is 7.18. The quantitative estimate of drug-likeness (QED) is 0.812. The molecule has 1 saturated carbocycles. The predicted octanol–water partition coefficient (Wildman–Crippen LogP) is 1.20. The summed E-state index contributed by atoms with van der Waals surface area (Å²) in [6.07, 6.45) is 3.36. The van der Waals surface area contributed by atoms with E-state index in [9.17, 15) is 13.2 Å². The Morgan fingerprint density at radius 1 is 1.37 bits per heavy atom. The highest BCUT2D eigenvalue weighted by molar-refractivity contribution is 7.90. The number of sulfone groups is 1. The third kappa shape index (κ3) is 3.47. The van der Waals surface area contributed by atoms with Gasteiger partial charge in [0.15, 0.2) is 9.84 Å². The first kappa shape index (κ1) is 13.9. The highest BCUT2D eigenvalue weighted by Gasteiger charge is 2.29. The average molecular weight is 282 g/mol. The van der Waals surface area contributed by atoms with Crippen molar-refractivity contribution >= 4 is 21.4 Å². The summed E-state index contributed by atoms with van der Waals surface area (Å²) in [5, 5.41) is 2.87.